The van der Waals surface area contributed by atoms with Crippen LogP contribution in [-0.2, 0) is 4.79 Å². The van der Waals surface area contributed by atoms with E-state index >= 15 is 0 Å². The minimum atomic E-state index is 0.189. The van der Waals surface area contributed by atoms with Crippen molar-refractivity contribution in [2.45, 2.75) is 40.0 Å². The van der Waals surface area contributed by atoms with Crippen molar-refractivity contribution in [2.24, 2.45) is 5.92 Å². The van der Waals surface area contributed by atoms with Crippen molar-refractivity contribution < 1.29 is 4.79 Å². The van der Waals surface area contributed by atoms with Gasteiger partial charge < -0.3 is 5.32 Å². The van der Waals surface area contributed by atoms with E-state index < -0.39 is 0 Å². The van der Waals surface area contributed by atoms with E-state index in [0.717, 1.165) is 19.4 Å². The second-order valence-corrected chi connectivity index (χ2v) is 3.54. The van der Waals surface area contributed by atoms with Crippen molar-refractivity contribution >= 4 is 5.91 Å². The highest BCUT2D eigenvalue weighted by Gasteiger charge is 2.16. The lowest BCUT2D eigenvalue weighted by molar-refractivity contribution is -0.120. The maximum Gasteiger partial charge on any atom is 0.220 e. The molecule has 15 heavy (non-hydrogen) atoms. The molecule has 1 saturated heterocycles. The first-order valence-electron chi connectivity index (χ1n) is 5.80. The van der Waals surface area contributed by atoms with Crippen molar-refractivity contribution in [3.8, 4) is 0 Å². The smallest absolute Gasteiger partial charge is 0.220 e. The first kappa shape index (κ1) is 13.9. The average Bonchev–Trinajstić information content (AvgIpc) is 2.46. The lowest BCUT2D eigenvalue weighted by Gasteiger charge is -2.13. The zero-order valence-corrected chi connectivity index (χ0v) is 10.2. The molecule has 1 amide bonds. The molecule has 1 aliphatic rings. The van der Waals surface area contributed by atoms with Gasteiger partial charge in [0.25, 0.3) is 0 Å². The number of carbonyl (C=O) groups is 1. The van der Waals surface area contributed by atoms with E-state index in [2.05, 4.69) is 18.8 Å². The van der Waals surface area contributed by atoms with E-state index in [0.29, 0.717) is 12.3 Å². The Morgan fingerprint density at radius 2 is 2.20 bits per heavy atom. The Hall–Kier alpha value is -1.05. The number of hydrogen-bond acceptors (Lipinski definition) is 1. The van der Waals surface area contributed by atoms with Gasteiger partial charge in [-0.3, -0.25) is 4.79 Å². The van der Waals surface area contributed by atoms with Gasteiger partial charge >= 0.3 is 0 Å². The van der Waals surface area contributed by atoms with Crippen LogP contribution >= 0.6 is 0 Å². The predicted molar refractivity (Wildman–Crippen MR) is 65.7 cm³/mol. The fourth-order valence-electron chi connectivity index (χ4n) is 1.65. The van der Waals surface area contributed by atoms with Crippen LogP contribution in [0.25, 0.3) is 0 Å². The molecule has 86 valence electrons. The zero-order chi connectivity index (χ0) is 11.7. The van der Waals surface area contributed by atoms with Gasteiger partial charge in [-0.05, 0) is 25.7 Å². The van der Waals surface area contributed by atoms with Crippen molar-refractivity contribution in [1.82, 2.24) is 5.32 Å². The first-order chi connectivity index (χ1) is 7.24. The van der Waals surface area contributed by atoms with Crippen LogP contribution in [0.5, 0.6) is 0 Å². The molecule has 1 N–H and O–H groups in total. The summed E-state index contributed by atoms with van der Waals surface area (Å²) in [5.74, 6) is 0.693. The fraction of sp³-hybridized carbons (Fsp3) is 0.615. The normalized spacial score (nSPS) is 21.9. The molecule has 0 radical (unpaired) electrons. The summed E-state index contributed by atoms with van der Waals surface area (Å²) in [6, 6.07) is 0. The number of allylic oxidation sites excluding steroid dienone is 2. The van der Waals surface area contributed by atoms with Crippen LogP contribution in [0.1, 0.15) is 40.0 Å². The molecule has 1 fully saturated rings. The van der Waals surface area contributed by atoms with E-state index in [4.69, 9.17) is 0 Å². The fourth-order valence-corrected chi connectivity index (χ4v) is 1.65. The Balaban J connectivity index is 0.000000921. The molecule has 2 heteroatoms. The van der Waals surface area contributed by atoms with Crippen LogP contribution in [0, 0.1) is 5.92 Å². The monoisotopic (exact) mass is 209 g/mol. The number of amides is 1. The summed E-state index contributed by atoms with van der Waals surface area (Å²) < 4.78 is 0. The van der Waals surface area contributed by atoms with E-state index in [-0.39, 0.29) is 5.91 Å². The molecule has 0 bridgehead atoms. The highest BCUT2D eigenvalue weighted by molar-refractivity contribution is 5.76. The van der Waals surface area contributed by atoms with Gasteiger partial charge in [0.2, 0.25) is 5.91 Å². The highest BCUT2D eigenvalue weighted by Crippen LogP contribution is 2.19. The standard InChI is InChI=1S/C11H17NO.C2H6/c1-3-5-9(2)10-6-4-7-11(13)12-8-10;1-2/h3,5,10H,1,4,6-8H2,2H3,(H,12,13);1-2H3/b9-5+;. The van der Waals surface area contributed by atoms with Crippen molar-refractivity contribution in [1.29, 1.82) is 0 Å². The first-order valence-corrected chi connectivity index (χ1v) is 5.80. The Kier molecular flexibility index (Phi) is 7.69. The molecule has 0 aromatic carbocycles. The van der Waals surface area contributed by atoms with Gasteiger partial charge in [0.05, 0.1) is 0 Å². The van der Waals surface area contributed by atoms with Crippen LogP contribution in [0.4, 0.5) is 0 Å². The van der Waals surface area contributed by atoms with Crippen molar-refractivity contribution in [3.63, 3.8) is 0 Å². The Morgan fingerprint density at radius 3 is 2.80 bits per heavy atom. The molecule has 1 unspecified atom stereocenters. The lowest BCUT2D eigenvalue weighted by atomic mass is 9.95. The zero-order valence-electron chi connectivity index (χ0n) is 10.2. The number of hydrogen-bond donors (Lipinski definition) is 1. The third kappa shape index (κ3) is 5.40. The van der Waals surface area contributed by atoms with E-state index in [1.165, 1.54) is 5.57 Å². The summed E-state index contributed by atoms with van der Waals surface area (Å²) in [7, 11) is 0. The van der Waals surface area contributed by atoms with Gasteiger partial charge in [0.15, 0.2) is 0 Å². The van der Waals surface area contributed by atoms with Crippen LogP contribution in [0.3, 0.4) is 0 Å². The minimum Gasteiger partial charge on any atom is -0.356 e. The maximum atomic E-state index is 11.1. The van der Waals surface area contributed by atoms with E-state index in [1.54, 1.807) is 0 Å². The molecule has 1 atom stereocenters. The van der Waals surface area contributed by atoms with Crippen molar-refractivity contribution in [3.05, 3.63) is 24.3 Å². The third-order valence-electron chi connectivity index (χ3n) is 2.53. The van der Waals surface area contributed by atoms with Crippen LogP contribution in [0.2, 0.25) is 0 Å². The summed E-state index contributed by atoms with van der Waals surface area (Å²) in [5.41, 5.74) is 1.32. The number of nitrogens with one attached hydrogen (secondary N) is 1. The van der Waals surface area contributed by atoms with Gasteiger partial charge in [-0.15, -0.1) is 0 Å². The summed E-state index contributed by atoms with van der Waals surface area (Å²) >= 11 is 0. The summed E-state index contributed by atoms with van der Waals surface area (Å²) in [5, 5.41) is 2.92. The van der Waals surface area contributed by atoms with Gasteiger partial charge in [-0.25, -0.2) is 0 Å². The van der Waals surface area contributed by atoms with Crippen LogP contribution in [-0.4, -0.2) is 12.5 Å². The van der Waals surface area contributed by atoms with E-state index in [9.17, 15) is 4.79 Å². The summed E-state index contributed by atoms with van der Waals surface area (Å²) in [6.45, 7) is 10.6. The summed E-state index contributed by atoms with van der Waals surface area (Å²) in [6.07, 6.45) is 6.62. The van der Waals surface area contributed by atoms with Gasteiger partial charge in [-0.2, -0.15) is 0 Å². The molecule has 1 heterocycles. The topological polar surface area (TPSA) is 29.1 Å². The largest absolute Gasteiger partial charge is 0.356 e. The Morgan fingerprint density at radius 1 is 1.53 bits per heavy atom. The van der Waals surface area contributed by atoms with Crippen LogP contribution in [0.15, 0.2) is 24.3 Å². The highest BCUT2D eigenvalue weighted by atomic mass is 16.1. The Bertz CT molecular complexity index is 231. The molecule has 0 saturated carbocycles. The molecule has 0 aliphatic carbocycles. The van der Waals surface area contributed by atoms with Crippen molar-refractivity contribution in [2.75, 3.05) is 6.54 Å². The molecule has 0 aromatic rings. The second-order valence-electron chi connectivity index (χ2n) is 3.54. The molecular weight excluding hydrogens is 186 g/mol. The van der Waals surface area contributed by atoms with Gasteiger partial charge in [-0.1, -0.05) is 38.2 Å². The second kappa shape index (κ2) is 8.27. The number of carbonyl (C=O) groups excluding carboxylic acids is 1. The van der Waals surface area contributed by atoms with Crippen LogP contribution < -0.4 is 5.32 Å². The predicted octanol–water partition coefficient (Wildman–Crippen LogP) is 3.06. The molecule has 0 aromatic heterocycles. The quantitative estimate of drug-likeness (QED) is 0.696. The van der Waals surface area contributed by atoms with E-state index in [1.807, 2.05) is 26.0 Å². The lowest BCUT2D eigenvalue weighted by Crippen LogP contribution is -2.26. The van der Waals surface area contributed by atoms with Gasteiger partial charge in [0.1, 0.15) is 0 Å². The SMILES string of the molecule is C=C/C=C(\C)C1CCCC(=O)NC1.CC. The molecule has 0 spiro atoms. The summed E-state index contributed by atoms with van der Waals surface area (Å²) in [4.78, 5) is 11.1. The molecule has 1 rings (SSSR count). The third-order valence-corrected chi connectivity index (χ3v) is 2.53. The number of rotatable bonds is 2. The Labute approximate surface area is 93.5 Å². The average molecular weight is 209 g/mol. The minimum absolute atomic E-state index is 0.189. The molecule has 1 aliphatic heterocycles. The molecular formula is C13H23NO. The van der Waals surface area contributed by atoms with Gasteiger partial charge in [0, 0.05) is 13.0 Å². The molecule has 2 nitrogen and oxygen atoms in total. The maximum absolute atomic E-state index is 11.1.